The van der Waals surface area contributed by atoms with Crippen LogP contribution in [-0.4, -0.2) is 29.4 Å². The highest BCUT2D eigenvalue weighted by Gasteiger charge is 2.10. The molecule has 1 heterocycles. The van der Waals surface area contributed by atoms with E-state index in [1.54, 1.807) is 6.07 Å². The van der Waals surface area contributed by atoms with E-state index in [9.17, 15) is 9.50 Å². The number of phenolic OH excluding ortho intramolecular Hbond substituents is 1. The Morgan fingerprint density at radius 3 is 2.45 bits per heavy atom. The van der Waals surface area contributed by atoms with Crippen molar-refractivity contribution in [3.63, 3.8) is 0 Å². The van der Waals surface area contributed by atoms with E-state index >= 15 is 0 Å². The lowest BCUT2D eigenvalue weighted by Crippen LogP contribution is -2.07. The monoisotopic (exact) mass is 297 g/mol. The zero-order valence-corrected chi connectivity index (χ0v) is 12.3. The smallest absolute Gasteiger partial charge is 0.125 e. The molecule has 2 aromatic carbocycles. The van der Waals surface area contributed by atoms with Crippen LogP contribution in [0.5, 0.6) is 5.75 Å². The van der Waals surface area contributed by atoms with Crippen LogP contribution in [0, 0.1) is 5.82 Å². The normalized spacial score (nSPS) is 10.7. The van der Waals surface area contributed by atoms with Crippen LogP contribution in [0.15, 0.2) is 48.5 Å². The Morgan fingerprint density at radius 1 is 1.05 bits per heavy atom. The number of aromatic hydroxyl groups is 1. The number of halogens is 1. The Kier molecular flexibility index (Phi) is 3.55. The number of nitrogens with zero attached hydrogens (tertiary/aromatic N) is 2. The molecule has 22 heavy (non-hydrogen) atoms. The first-order chi connectivity index (χ1) is 10.5. The van der Waals surface area contributed by atoms with Gasteiger partial charge < -0.3 is 10.0 Å². The van der Waals surface area contributed by atoms with Gasteiger partial charge in [-0.15, -0.1) is 0 Å². The van der Waals surface area contributed by atoms with Gasteiger partial charge in [0, 0.05) is 30.9 Å². The maximum Gasteiger partial charge on any atom is 0.125 e. The van der Waals surface area contributed by atoms with Crippen molar-refractivity contribution in [1.82, 2.24) is 10.2 Å². The van der Waals surface area contributed by atoms with Crippen molar-refractivity contribution in [2.75, 3.05) is 19.0 Å². The fourth-order valence-corrected chi connectivity index (χ4v) is 2.26. The highest BCUT2D eigenvalue weighted by atomic mass is 19.1. The highest BCUT2D eigenvalue weighted by Crippen LogP contribution is 2.31. The lowest BCUT2D eigenvalue weighted by atomic mass is 10.1. The maximum absolute atomic E-state index is 13.3. The first-order valence-corrected chi connectivity index (χ1v) is 6.86. The Morgan fingerprint density at radius 2 is 1.77 bits per heavy atom. The number of H-pyrrole nitrogens is 1. The predicted octanol–water partition coefficient (Wildman–Crippen LogP) is 3.65. The van der Waals surface area contributed by atoms with E-state index < -0.39 is 5.82 Å². The van der Waals surface area contributed by atoms with Crippen LogP contribution in [-0.2, 0) is 0 Å². The lowest BCUT2D eigenvalue weighted by Gasteiger charge is -2.12. The van der Waals surface area contributed by atoms with E-state index in [1.165, 1.54) is 18.2 Å². The van der Waals surface area contributed by atoms with Gasteiger partial charge in [-0.1, -0.05) is 12.1 Å². The number of phenols is 1. The average molecular weight is 297 g/mol. The Bertz CT molecular complexity index is 794. The molecule has 1 aromatic heterocycles. The van der Waals surface area contributed by atoms with Crippen molar-refractivity contribution in [2.45, 2.75) is 0 Å². The fraction of sp³-hybridized carbons (Fsp3) is 0.118. The molecule has 0 aliphatic heterocycles. The fourth-order valence-electron chi connectivity index (χ4n) is 2.26. The summed E-state index contributed by atoms with van der Waals surface area (Å²) in [7, 11) is 3.96. The van der Waals surface area contributed by atoms with Gasteiger partial charge in [-0.05, 0) is 36.4 Å². The maximum atomic E-state index is 13.3. The Balaban J connectivity index is 1.95. The first kappa shape index (κ1) is 14.1. The predicted molar refractivity (Wildman–Crippen MR) is 85.4 cm³/mol. The lowest BCUT2D eigenvalue weighted by molar-refractivity contribution is 0.475. The second kappa shape index (κ2) is 5.52. The largest absolute Gasteiger partial charge is 0.507 e. The minimum Gasteiger partial charge on any atom is -0.507 e. The molecule has 112 valence electrons. The van der Waals surface area contributed by atoms with Gasteiger partial charge in [0.1, 0.15) is 11.6 Å². The van der Waals surface area contributed by atoms with Crippen LogP contribution in [0.1, 0.15) is 0 Å². The summed E-state index contributed by atoms with van der Waals surface area (Å²) in [6.07, 6.45) is 0. The molecule has 3 aromatic rings. The minimum atomic E-state index is -0.403. The zero-order chi connectivity index (χ0) is 15.7. The number of nitrogens with one attached hydrogen (secondary N) is 1. The summed E-state index contributed by atoms with van der Waals surface area (Å²) in [5.74, 6) is -0.390. The van der Waals surface area contributed by atoms with Gasteiger partial charge in [0.15, 0.2) is 0 Å². The van der Waals surface area contributed by atoms with Crippen LogP contribution in [0.3, 0.4) is 0 Å². The minimum absolute atomic E-state index is 0.0135. The van der Waals surface area contributed by atoms with Crippen LogP contribution < -0.4 is 4.90 Å². The summed E-state index contributed by atoms with van der Waals surface area (Å²) in [6.45, 7) is 0. The average Bonchev–Trinajstić information content (AvgIpc) is 2.99. The van der Waals surface area contributed by atoms with E-state index in [1.807, 2.05) is 43.3 Å². The molecular formula is C17H16FN3O. The van der Waals surface area contributed by atoms with Gasteiger partial charge in [-0.3, -0.25) is 5.10 Å². The molecule has 0 bridgehead atoms. The Hall–Kier alpha value is -2.82. The molecule has 3 rings (SSSR count). The molecule has 0 saturated carbocycles. The first-order valence-electron chi connectivity index (χ1n) is 6.86. The number of benzene rings is 2. The highest BCUT2D eigenvalue weighted by molar-refractivity contribution is 5.72. The second-order valence-corrected chi connectivity index (χ2v) is 5.27. The molecule has 0 radical (unpaired) electrons. The number of hydrogen-bond donors (Lipinski definition) is 2. The molecule has 0 atom stereocenters. The van der Waals surface area contributed by atoms with Crippen LogP contribution >= 0.6 is 0 Å². The molecule has 0 unspecified atom stereocenters. The second-order valence-electron chi connectivity index (χ2n) is 5.27. The van der Waals surface area contributed by atoms with Crippen LogP contribution in [0.2, 0.25) is 0 Å². The number of hydrogen-bond acceptors (Lipinski definition) is 3. The summed E-state index contributed by atoms with van der Waals surface area (Å²) in [5.41, 5.74) is 3.75. The van der Waals surface area contributed by atoms with Gasteiger partial charge in [0.25, 0.3) is 0 Å². The van der Waals surface area contributed by atoms with Gasteiger partial charge in [0.2, 0.25) is 0 Å². The summed E-state index contributed by atoms with van der Waals surface area (Å²) >= 11 is 0. The van der Waals surface area contributed by atoms with E-state index in [0.29, 0.717) is 11.3 Å². The number of rotatable bonds is 3. The van der Waals surface area contributed by atoms with Gasteiger partial charge >= 0.3 is 0 Å². The summed E-state index contributed by atoms with van der Waals surface area (Å²) in [6, 6.07) is 13.6. The third-order valence-electron chi connectivity index (χ3n) is 3.51. The number of aromatic nitrogens is 2. The van der Waals surface area contributed by atoms with Crippen molar-refractivity contribution in [3.05, 3.63) is 54.3 Å². The molecular weight excluding hydrogens is 281 g/mol. The summed E-state index contributed by atoms with van der Waals surface area (Å²) < 4.78 is 13.3. The molecule has 0 saturated heterocycles. The topological polar surface area (TPSA) is 52.1 Å². The van der Waals surface area contributed by atoms with Crippen LogP contribution in [0.4, 0.5) is 10.1 Å². The van der Waals surface area contributed by atoms with Gasteiger partial charge in [-0.2, -0.15) is 5.10 Å². The quantitative estimate of drug-likeness (QED) is 0.776. The molecule has 4 nitrogen and oxygen atoms in total. The third-order valence-corrected chi connectivity index (χ3v) is 3.51. The molecule has 0 amide bonds. The molecule has 5 heteroatoms. The van der Waals surface area contributed by atoms with E-state index in [-0.39, 0.29) is 5.75 Å². The molecule has 0 spiro atoms. The zero-order valence-electron chi connectivity index (χ0n) is 12.3. The summed E-state index contributed by atoms with van der Waals surface area (Å²) in [4.78, 5) is 2.02. The standard InChI is InChI=1S/C17H16FN3O/c1-21(2)13-6-3-11(4-7-13)15-10-16(20-19-15)14-9-12(18)5-8-17(14)22/h3-10,22H,1-2H3,(H,19,20). The molecule has 0 aliphatic rings. The number of aromatic amines is 1. The van der Waals surface area contributed by atoms with Crippen molar-refractivity contribution in [1.29, 1.82) is 0 Å². The van der Waals surface area contributed by atoms with E-state index in [2.05, 4.69) is 10.2 Å². The molecule has 0 fully saturated rings. The van der Waals surface area contributed by atoms with E-state index in [0.717, 1.165) is 16.9 Å². The third kappa shape index (κ3) is 2.65. The van der Waals surface area contributed by atoms with Crippen molar-refractivity contribution >= 4 is 5.69 Å². The van der Waals surface area contributed by atoms with Crippen molar-refractivity contribution in [3.8, 4) is 28.3 Å². The number of anilines is 1. The summed E-state index contributed by atoms with van der Waals surface area (Å²) in [5, 5.41) is 16.9. The SMILES string of the molecule is CN(C)c1ccc(-c2cc(-c3cc(F)ccc3O)[nH]n2)cc1. The Labute approximate surface area is 127 Å². The van der Waals surface area contributed by atoms with Crippen molar-refractivity contribution in [2.24, 2.45) is 0 Å². The van der Waals surface area contributed by atoms with Crippen LogP contribution in [0.25, 0.3) is 22.5 Å². The molecule has 0 aliphatic carbocycles. The van der Waals surface area contributed by atoms with E-state index in [4.69, 9.17) is 0 Å². The van der Waals surface area contributed by atoms with Gasteiger partial charge in [0.05, 0.1) is 11.4 Å². The molecule has 2 N–H and O–H groups in total. The van der Waals surface area contributed by atoms with Gasteiger partial charge in [-0.25, -0.2) is 4.39 Å². The van der Waals surface area contributed by atoms with Crippen molar-refractivity contribution < 1.29 is 9.50 Å².